The van der Waals surface area contributed by atoms with E-state index in [1.807, 2.05) is 32.9 Å². The fourth-order valence-electron chi connectivity index (χ4n) is 3.20. The lowest BCUT2D eigenvalue weighted by molar-refractivity contribution is 0.117. The number of ether oxygens (including phenoxy) is 1. The molecule has 1 aliphatic heterocycles. The number of nitrogens with zero attached hydrogens (tertiary/aromatic N) is 3. The van der Waals surface area contributed by atoms with E-state index in [4.69, 9.17) is 4.74 Å². The van der Waals surface area contributed by atoms with Crippen LogP contribution in [0.15, 0.2) is 30.6 Å². The summed E-state index contributed by atoms with van der Waals surface area (Å²) in [6, 6.07) is 8.03. The molecule has 0 bridgehead atoms. The Morgan fingerprint density at radius 3 is 2.64 bits per heavy atom. The number of rotatable bonds is 4. The van der Waals surface area contributed by atoms with Crippen molar-refractivity contribution in [2.75, 3.05) is 13.1 Å². The van der Waals surface area contributed by atoms with Crippen molar-refractivity contribution in [1.29, 1.82) is 0 Å². The third-order valence-corrected chi connectivity index (χ3v) is 4.37. The van der Waals surface area contributed by atoms with E-state index in [2.05, 4.69) is 20.9 Å². The third kappa shape index (κ3) is 4.75. The molecule has 0 saturated carbocycles. The minimum atomic E-state index is -0.306. The Kier molecular flexibility index (Phi) is 5.33. The van der Waals surface area contributed by atoms with Gasteiger partial charge in [-0.1, -0.05) is 18.2 Å². The molecule has 5 heteroatoms. The molecule has 25 heavy (non-hydrogen) atoms. The molecule has 1 aromatic carbocycles. The molecule has 1 aromatic heterocycles. The topological polar surface area (TPSA) is 38.3 Å². The summed E-state index contributed by atoms with van der Waals surface area (Å²) in [6.07, 6.45) is 5.23. The van der Waals surface area contributed by atoms with Crippen LogP contribution in [-0.4, -0.2) is 33.6 Å². The molecule has 0 N–H and O–H groups in total. The van der Waals surface area contributed by atoms with Crippen LogP contribution in [0.1, 0.15) is 50.8 Å². The highest BCUT2D eigenvalue weighted by Crippen LogP contribution is 2.30. The SMILES string of the molecule is CC(C)(C)Oc1nccnc1CN1CCC(c2ccc[c]c2F)CC1. The quantitative estimate of drug-likeness (QED) is 0.843. The van der Waals surface area contributed by atoms with Crippen LogP contribution in [0.3, 0.4) is 0 Å². The van der Waals surface area contributed by atoms with E-state index in [-0.39, 0.29) is 17.3 Å². The molecule has 0 spiro atoms. The average Bonchev–Trinajstić information content (AvgIpc) is 2.57. The first kappa shape index (κ1) is 17.8. The Morgan fingerprint density at radius 2 is 1.96 bits per heavy atom. The highest BCUT2D eigenvalue weighted by molar-refractivity contribution is 5.22. The smallest absolute Gasteiger partial charge is 0.237 e. The van der Waals surface area contributed by atoms with Crippen molar-refractivity contribution in [3.8, 4) is 5.88 Å². The van der Waals surface area contributed by atoms with Gasteiger partial charge >= 0.3 is 0 Å². The maximum atomic E-state index is 13.9. The summed E-state index contributed by atoms with van der Waals surface area (Å²) < 4.78 is 19.9. The summed E-state index contributed by atoms with van der Waals surface area (Å²) in [5.41, 5.74) is 1.34. The number of hydrogen-bond acceptors (Lipinski definition) is 4. The van der Waals surface area contributed by atoms with Crippen molar-refractivity contribution < 1.29 is 9.13 Å². The van der Waals surface area contributed by atoms with E-state index in [0.29, 0.717) is 12.4 Å². The van der Waals surface area contributed by atoms with Crippen LogP contribution in [-0.2, 0) is 6.54 Å². The molecule has 0 atom stereocenters. The molecule has 0 amide bonds. The second-order valence-corrected chi connectivity index (χ2v) is 7.51. The van der Waals surface area contributed by atoms with E-state index in [1.165, 1.54) is 0 Å². The van der Waals surface area contributed by atoms with Gasteiger partial charge in [-0.25, -0.2) is 9.37 Å². The Hall–Kier alpha value is -2.01. The largest absolute Gasteiger partial charge is 0.471 e. The number of piperidine rings is 1. The first-order chi connectivity index (χ1) is 11.9. The minimum Gasteiger partial charge on any atom is -0.471 e. The molecule has 1 radical (unpaired) electrons. The van der Waals surface area contributed by atoms with Gasteiger partial charge in [0.2, 0.25) is 5.88 Å². The number of hydrogen-bond donors (Lipinski definition) is 0. The zero-order valence-corrected chi connectivity index (χ0v) is 15.1. The van der Waals surface area contributed by atoms with Crippen molar-refractivity contribution in [2.45, 2.75) is 51.7 Å². The highest BCUT2D eigenvalue weighted by atomic mass is 19.1. The van der Waals surface area contributed by atoms with Crippen LogP contribution < -0.4 is 4.74 Å². The van der Waals surface area contributed by atoms with Crippen molar-refractivity contribution in [1.82, 2.24) is 14.9 Å². The average molecular weight is 342 g/mol. The Labute approximate surface area is 149 Å². The van der Waals surface area contributed by atoms with Gasteiger partial charge in [-0.05, 0) is 58.2 Å². The summed E-state index contributed by atoms with van der Waals surface area (Å²) in [7, 11) is 0. The summed E-state index contributed by atoms with van der Waals surface area (Å²) >= 11 is 0. The molecule has 1 saturated heterocycles. The number of aromatic nitrogens is 2. The Morgan fingerprint density at radius 1 is 1.24 bits per heavy atom. The minimum absolute atomic E-state index is 0.212. The molecular formula is C20H25FN3O. The zero-order valence-electron chi connectivity index (χ0n) is 15.1. The van der Waals surface area contributed by atoms with Crippen molar-refractivity contribution in [2.24, 2.45) is 0 Å². The lowest BCUT2D eigenvalue weighted by Crippen LogP contribution is -2.33. The fraction of sp³-hybridized carbons (Fsp3) is 0.500. The van der Waals surface area contributed by atoms with E-state index >= 15 is 0 Å². The van der Waals surface area contributed by atoms with Gasteiger partial charge in [0.25, 0.3) is 0 Å². The van der Waals surface area contributed by atoms with Gasteiger partial charge in [0.05, 0.1) is 0 Å². The standard InChI is InChI=1S/C20H25FN3O/c1-20(2,3)25-19-18(22-10-11-23-19)14-24-12-8-15(9-13-24)16-6-4-5-7-17(16)21/h4-6,10-11,15H,8-9,12-14H2,1-3H3. The van der Waals surface area contributed by atoms with Crippen molar-refractivity contribution in [3.05, 3.63) is 53.7 Å². The third-order valence-electron chi connectivity index (χ3n) is 4.37. The van der Waals surface area contributed by atoms with Crippen molar-refractivity contribution >= 4 is 0 Å². The zero-order chi connectivity index (χ0) is 17.9. The molecule has 133 valence electrons. The van der Waals surface area contributed by atoms with Gasteiger partial charge in [-0.15, -0.1) is 0 Å². The van der Waals surface area contributed by atoms with Crippen LogP contribution in [0, 0.1) is 11.9 Å². The normalized spacial score (nSPS) is 16.8. The van der Waals surface area contributed by atoms with Gasteiger partial charge in [0, 0.05) is 25.0 Å². The highest BCUT2D eigenvalue weighted by Gasteiger charge is 2.24. The second-order valence-electron chi connectivity index (χ2n) is 7.51. The van der Waals surface area contributed by atoms with Crippen molar-refractivity contribution in [3.63, 3.8) is 0 Å². The second kappa shape index (κ2) is 7.48. The fourth-order valence-corrected chi connectivity index (χ4v) is 3.20. The van der Waals surface area contributed by atoms with E-state index in [9.17, 15) is 4.39 Å². The summed E-state index contributed by atoms with van der Waals surface area (Å²) in [5, 5.41) is 0. The van der Waals surface area contributed by atoms with E-state index in [0.717, 1.165) is 37.2 Å². The Bertz CT molecular complexity index is 706. The van der Waals surface area contributed by atoms with Crippen LogP contribution in [0.25, 0.3) is 0 Å². The lowest BCUT2D eigenvalue weighted by Gasteiger charge is -2.32. The van der Waals surface area contributed by atoms with Gasteiger partial charge in [-0.3, -0.25) is 9.88 Å². The number of likely N-dealkylation sites (tertiary alicyclic amines) is 1. The lowest BCUT2D eigenvalue weighted by atomic mass is 9.89. The first-order valence-corrected chi connectivity index (χ1v) is 8.80. The Balaban J connectivity index is 1.62. The molecule has 3 rings (SSSR count). The molecule has 4 nitrogen and oxygen atoms in total. The predicted octanol–water partition coefficient (Wildman–Crippen LogP) is 3.97. The predicted molar refractivity (Wildman–Crippen MR) is 94.9 cm³/mol. The van der Waals surface area contributed by atoms with Crippen LogP contribution >= 0.6 is 0 Å². The molecule has 0 unspecified atom stereocenters. The first-order valence-electron chi connectivity index (χ1n) is 8.80. The maximum absolute atomic E-state index is 13.9. The monoisotopic (exact) mass is 342 g/mol. The maximum Gasteiger partial charge on any atom is 0.237 e. The van der Waals surface area contributed by atoms with Crippen LogP contribution in [0.4, 0.5) is 4.39 Å². The van der Waals surface area contributed by atoms with Gasteiger partial charge in [0.15, 0.2) is 0 Å². The van der Waals surface area contributed by atoms with Gasteiger partial charge < -0.3 is 4.74 Å². The number of halogens is 1. The molecule has 1 fully saturated rings. The summed E-state index contributed by atoms with van der Waals surface area (Å²) in [5.74, 6) is 0.650. The number of benzene rings is 1. The molecular weight excluding hydrogens is 317 g/mol. The van der Waals surface area contributed by atoms with Gasteiger partial charge in [-0.2, -0.15) is 0 Å². The summed E-state index contributed by atoms with van der Waals surface area (Å²) in [4.78, 5) is 11.1. The molecule has 2 aromatic rings. The van der Waals surface area contributed by atoms with E-state index < -0.39 is 0 Å². The van der Waals surface area contributed by atoms with Crippen LogP contribution in [0.5, 0.6) is 5.88 Å². The van der Waals surface area contributed by atoms with Crippen LogP contribution in [0.2, 0.25) is 0 Å². The molecule has 2 heterocycles. The summed E-state index contributed by atoms with van der Waals surface area (Å²) in [6.45, 7) is 8.53. The molecule has 0 aliphatic carbocycles. The van der Waals surface area contributed by atoms with E-state index in [1.54, 1.807) is 18.5 Å². The molecule has 1 aliphatic rings. The van der Waals surface area contributed by atoms with Gasteiger partial charge in [0.1, 0.15) is 17.1 Å².